The van der Waals surface area contributed by atoms with Gasteiger partial charge < -0.3 is 14.0 Å². The molecule has 6 heteroatoms. The summed E-state index contributed by atoms with van der Waals surface area (Å²) < 4.78 is 12.9. The van der Waals surface area contributed by atoms with E-state index in [2.05, 4.69) is 45.6 Å². The van der Waals surface area contributed by atoms with Gasteiger partial charge >= 0.3 is 0 Å². The van der Waals surface area contributed by atoms with Crippen molar-refractivity contribution in [3.63, 3.8) is 0 Å². The second-order valence-electron chi connectivity index (χ2n) is 7.37. The van der Waals surface area contributed by atoms with Gasteiger partial charge in [-0.1, -0.05) is 54.6 Å². The minimum atomic E-state index is -0.192. The average Bonchev–Trinajstić information content (AvgIpc) is 3.39. The second-order valence-corrected chi connectivity index (χ2v) is 7.37. The minimum Gasteiger partial charge on any atom is -0.454 e. The third-order valence-corrected chi connectivity index (χ3v) is 5.21. The summed E-state index contributed by atoms with van der Waals surface area (Å²) in [6.45, 7) is 0.985. The Bertz CT molecular complexity index is 1260. The Labute approximate surface area is 179 Å². The molecule has 154 valence electrons. The maximum atomic E-state index is 12.3. The summed E-state index contributed by atoms with van der Waals surface area (Å²) >= 11 is 0. The number of nitrogens with zero attached hydrogens (tertiary/aromatic N) is 2. The lowest BCUT2D eigenvalue weighted by atomic mass is 10.1. The van der Waals surface area contributed by atoms with Crippen LogP contribution >= 0.6 is 0 Å². The summed E-state index contributed by atoms with van der Waals surface area (Å²) in [5, 5.41) is 5.28. The first-order valence-electron chi connectivity index (χ1n) is 10.1. The van der Waals surface area contributed by atoms with E-state index in [0.29, 0.717) is 11.5 Å². The number of amides is 1. The van der Waals surface area contributed by atoms with Crippen LogP contribution in [0, 0.1) is 0 Å². The van der Waals surface area contributed by atoms with E-state index in [4.69, 9.17) is 9.47 Å². The van der Waals surface area contributed by atoms with Gasteiger partial charge in [-0.3, -0.25) is 4.79 Å². The minimum absolute atomic E-state index is 0.192. The Kier molecular flexibility index (Phi) is 5.10. The van der Waals surface area contributed by atoms with Crippen molar-refractivity contribution in [3.05, 3.63) is 95.7 Å². The molecule has 0 saturated heterocycles. The Hall–Kier alpha value is -4.06. The maximum absolute atomic E-state index is 12.3. The molecular formula is C25H21N3O3. The Morgan fingerprint density at radius 3 is 2.68 bits per heavy atom. The van der Waals surface area contributed by atoms with Gasteiger partial charge in [-0.15, -0.1) is 0 Å². The summed E-state index contributed by atoms with van der Waals surface area (Å²) in [6, 6.07) is 24.0. The van der Waals surface area contributed by atoms with Gasteiger partial charge in [0.1, 0.15) is 0 Å². The summed E-state index contributed by atoms with van der Waals surface area (Å²) in [7, 11) is 0. The first kappa shape index (κ1) is 18.9. The van der Waals surface area contributed by atoms with Crippen molar-refractivity contribution < 1.29 is 14.3 Å². The van der Waals surface area contributed by atoms with Crippen LogP contribution < -0.4 is 14.9 Å². The molecule has 0 bridgehead atoms. The van der Waals surface area contributed by atoms with Gasteiger partial charge in [-0.05, 0) is 29.3 Å². The number of carbonyl (C=O) groups is 1. The van der Waals surface area contributed by atoms with E-state index < -0.39 is 0 Å². The van der Waals surface area contributed by atoms with Crippen LogP contribution in [-0.4, -0.2) is 23.5 Å². The molecule has 1 N–H and O–H groups in total. The van der Waals surface area contributed by atoms with Crippen LogP contribution in [0.5, 0.6) is 11.5 Å². The second kappa shape index (κ2) is 8.36. The number of aromatic nitrogens is 1. The van der Waals surface area contributed by atoms with Crippen molar-refractivity contribution in [1.82, 2.24) is 9.99 Å². The van der Waals surface area contributed by atoms with Crippen molar-refractivity contribution in [2.75, 3.05) is 6.79 Å². The van der Waals surface area contributed by atoms with Crippen LogP contribution in [0.2, 0.25) is 0 Å². The highest BCUT2D eigenvalue weighted by Gasteiger charge is 2.14. The van der Waals surface area contributed by atoms with E-state index in [-0.39, 0.29) is 19.1 Å². The number of benzene rings is 3. The number of fused-ring (bicyclic) bond motifs is 2. The zero-order chi connectivity index (χ0) is 21.0. The third kappa shape index (κ3) is 4.14. The highest BCUT2D eigenvalue weighted by atomic mass is 16.7. The smallest absolute Gasteiger partial charge is 0.244 e. The number of para-hydroxylation sites is 1. The van der Waals surface area contributed by atoms with Crippen molar-refractivity contribution in [1.29, 1.82) is 0 Å². The van der Waals surface area contributed by atoms with E-state index in [1.54, 1.807) is 6.21 Å². The van der Waals surface area contributed by atoms with Crippen molar-refractivity contribution in [2.24, 2.45) is 5.10 Å². The molecule has 1 amide bonds. The molecule has 4 aromatic rings. The van der Waals surface area contributed by atoms with E-state index in [9.17, 15) is 4.79 Å². The highest BCUT2D eigenvalue weighted by Crippen LogP contribution is 2.32. The topological polar surface area (TPSA) is 64.8 Å². The average molecular weight is 411 g/mol. The van der Waals surface area contributed by atoms with E-state index >= 15 is 0 Å². The van der Waals surface area contributed by atoms with Gasteiger partial charge in [0.25, 0.3) is 0 Å². The fourth-order valence-electron chi connectivity index (χ4n) is 3.74. The molecule has 0 aliphatic carbocycles. The van der Waals surface area contributed by atoms with E-state index in [1.807, 2.05) is 48.5 Å². The van der Waals surface area contributed by atoms with Crippen LogP contribution in [0.1, 0.15) is 16.7 Å². The van der Waals surface area contributed by atoms with Crippen LogP contribution in [0.15, 0.2) is 84.1 Å². The molecule has 3 aromatic carbocycles. The fourth-order valence-corrected chi connectivity index (χ4v) is 3.74. The molecule has 0 atom stereocenters. The molecular weight excluding hydrogens is 390 g/mol. The summed E-state index contributed by atoms with van der Waals surface area (Å²) in [5.41, 5.74) is 6.77. The number of hydrazone groups is 1. The molecule has 6 nitrogen and oxygen atoms in total. The molecule has 0 spiro atoms. The van der Waals surface area contributed by atoms with E-state index in [0.717, 1.165) is 28.6 Å². The lowest BCUT2D eigenvalue weighted by molar-refractivity contribution is -0.120. The number of hydrogen-bond acceptors (Lipinski definition) is 4. The zero-order valence-electron chi connectivity index (χ0n) is 16.8. The summed E-state index contributed by atoms with van der Waals surface area (Å²) in [6.07, 6.45) is 3.97. The van der Waals surface area contributed by atoms with Crippen molar-refractivity contribution >= 4 is 23.0 Å². The molecule has 1 aliphatic heterocycles. The van der Waals surface area contributed by atoms with Crippen molar-refractivity contribution in [2.45, 2.75) is 13.0 Å². The first-order valence-corrected chi connectivity index (χ1v) is 10.1. The SMILES string of the molecule is O=C(Cc1ccc2c(c1)OCO2)NN=Cc1cn(Cc2ccccc2)c2ccccc12. The summed E-state index contributed by atoms with van der Waals surface area (Å²) in [5.74, 6) is 1.18. The normalized spacial score (nSPS) is 12.5. The molecule has 0 saturated carbocycles. The monoisotopic (exact) mass is 411 g/mol. The van der Waals surface area contributed by atoms with Crippen LogP contribution in [-0.2, 0) is 17.8 Å². The molecule has 0 unspecified atom stereocenters. The Morgan fingerprint density at radius 2 is 1.77 bits per heavy atom. The molecule has 31 heavy (non-hydrogen) atoms. The molecule has 2 heterocycles. The standard InChI is InChI=1S/C25H21N3O3/c29-25(13-19-10-11-23-24(12-19)31-17-30-23)27-26-14-20-16-28(15-18-6-2-1-3-7-18)22-9-5-4-8-21(20)22/h1-12,14,16H,13,15,17H2,(H,27,29). The van der Waals surface area contributed by atoms with Gasteiger partial charge in [0, 0.05) is 29.2 Å². The number of hydrogen-bond donors (Lipinski definition) is 1. The molecule has 5 rings (SSSR count). The van der Waals surface area contributed by atoms with Gasteiger partial charge in [-0.2, -0.15) is 5.10 Å². The van der Waals surface area contributed by atoms with E-state index in [1.165, 1.54) is 5.56 Å². The van der Waals surface area contributed by atoms with Crippen molar-refractivity contribution in [3.8, 4) is 11.5 Å². The van der Waals surface area contributed by atoms with Crippen LogP contribution in [0.4, 0.5) is 0 Å². The number of nitrogens with one attached hydrogen (secondary N) is 1. The number of rotatable bonds is 6. The lowest BCUT2D eigenvalue weighted by Gasteiger charge is -2.05. The summed E-state index contributed by atoms with van der Waals surface area (Å²) in [4.78, 5) is 12.3. The molecule has 1 aromatic heterocycles. The number of ether oxygens (including phenoxy) is 2. The Morgan fingerprint density at radius 1 is 0.968 bits per heavy atom. The van der Waals surface area contributed by atoms with Gasteiger partial charge in [0.15, 0.2) is 11.5 Å². The largest absolute Gasteiger partial charge is 0.454 e. The first-order chi connectivity index (χ1) is 15.3. The van der Waals surface area contributed by atoms with Crippen LogP contribution in [0.25, 0.3) is 10.9 Å². The van der Waals surface area contributed by atoms with Gasteiger partial charge in [-0.25, -0.2) is 5.43 Å². The fraction of sp³-hybridized carbons (Fsp3) is 0.120. The van der Waals surface area contributed by atoms with Crippen LogP contribution in [0.3, 0.4) is 0 Å². The molecule has 1 aliphatic rings. The number of carbonyl (C=O) groups excluding carboxylic acids is 1. The maximum Gasteiger partial charge on any atom is 0.244 e. The van der Waals surface area contributed by atoms with Gasteiger partial charge in [0.05, 0.1) is 12.6 Å². The zero-order valence-corrected chi connectivity index (χ0v) is 16.8. The molecule has 0 radical (unpaired) electrons. The molecule has 0 fully saturated rings. The highest BCUT2D eigenvalue weighted by molar-refractivity contribution is 5.99. The predicted molar refractivity (Wildman–Crippen MR) is 119 cm³/mol. The van der Waals surface area contributed by atoms with Gasteiger partial charge in [0.2, 0.25) is 12.7 Å². The Balaban J connectivity index is 1.29. The lowest BCUT2D eigenvalue weighted by Crippen LogP contribution is -2.19. The third-order valence-electron chi connectivity index (χ3n) is 5.21. The quantitative estimate of drug-likeness (QED) is 0.384. The predicted octanol–water partition coefficient (Wildman–Crippen LogP) is 4.11.